The van der Waals surface area contributed by atoms with E-state index in [-0.39, 0.29) is 17.7 Å². The van der Waals surface area contributed by atoms with Crippen LogP contribution in [0.5, 0.6) is 0 Å². The van der Waals surface area contributed by atoms with Crippen LogP contribution in [0.3, 0.4) is 0 Å². The molecule has 1 aromatic rings. The number of hydrogen-bond donors (Lipinski definition) is 0. The number of carbonyl (C=O) groups is 5. The maximum Gasteiger partial charge on any atom is 0.329 e. The van der Waals surface area contributed by atoms with Crippen LogP contribution in [0.1, 0.15) is 53.8 Å². The van der Waals surface area contributed by atoms with E-state index in [1.54, 1.807) is 19.1 Å². The molecule has 30 heavy (non-hydrogen) atoms. The van der Waals surface area contributed by atoms with Crippen molar-refractivity contribution in [3.8, 4) is 0 Å². The second kappa shape index (κ2) is 9.06. The summed E-state index contributed by atoms with van der Waals surface area (Å²) in [5.74, 6) is -3.02. The molecule has 0 bridgehead atoms. The first-order valence-electron chi connectivity index (χ1n) is 9.96. The van der Waals surface area contributed by atoms with Gasteiger partial charge in [-0.2, -0.15) is 0 Å². The molecule has 0 N–H and O–H groups in total. The summed E-state index contributed by atoms with van der Waals surface area (Å²) in [7, 11) is 0. The van der Waals surface area contributed by atoms with Crippen molar-refractivity contribution in [1.29, 1.82) is 0 Å². The summed E-state index contributed by atoms with van der Waals surface area (Å²) in [5.41, 5.74) is 0.452. The van der Waals surface area contributed by atoms with Gasteiger partial charge in [-0.15, -0.1) is 0 Å². The number of ether oxygens (including phenoxy) is 2. The van der Waals surface area contributed by atoms with Gasteiger partial charge in [0.15, 0.2) is 6.61 Å². The largest absolute Gasteiger partial charge is 0.464 e. The number of rotatable bonds is 6. The van der Waals surface area contributed by atoms with Gasteiger partial charge in [-0.1, -0.05) is 12.1 Å². The zero-order valence-corrected chi connectivity index (χ0v) is 17.0. The van der Waals surface area contributed by atoms with E-state index in [1.165, 1.54) is 24.0 Å². The van der Waals surface area contributed by atoms with Crippen molar-refractivity contribution < 1.29 is 33.4 Å². The lowest BCUT2D eigenvalue weighted by Gasteiger charge is -2.34. The predicted molar refractivity (Wildman–Crippen MR) is 103 cm³/mol. The summed E-state index contributed by atoms with van der Waals surface area (Å²) in [5, 5.41) is 0. The van der Waals surface area contributed by atoms with Crippen molar-refractivity contribution in [1.82, 2.24) is 9.80 Å². The Morgan fingerprint density at radius 2 is 1.70 bits per heavy atom. The fourth-order valence-corrected chi connectivity index (χ4v) is 3.71. The quantitative estimate of drug-likeness (QED) is 0.505. The lowest BCUT2D eigenvalue weighted by molar-refractivity contribution is -0.162. The van der Waals surface area contributed by atoms with Crippen LogP contribution in [0.4, 0.5) is 0 Å². The molecule has 3 amide bonds. The number of benzene rings is 1. The smallest absolute Gasteiger partial charge is 0.329 e. The second-order valence-electron chi connectivity index (χ2n) is 7.16. The lowest BCUT2D eigenvalue weighted by Crippen LogP contribution is -2.50. The van der Waals surface area contributed by atoms with Gasteiger partial charge in [-0.25, -0.2) is 9.59 Å². The second-order valence-corrected chi connectivity index (χ2v) is 7.16. The molecule has 0 spiro atoms. The minimum atomic E-state index is -1.19. The third-order valence-electron chi connectivity index (χ3n) is 5.27. The van der Waals surface area contributed by atoms with Crippen LogP contribution < -0.4 is 0 Å². The van der Waals surface area contributed by atoms with E-state index in [0.29, 0.717) is 13.0 Å². The van der Waals surface area contributed by atoms with E-state index >= 15 is 0 Å². The van der Waals surface area contributed by atoms with Crippen molar-refractivity contribution >= 4 is 29.7 Å². The zero-order chi connectivity index (χ0) is 21.8. The molecule has 0 radical (unpaired) electrons. The highest BCUT2D eigenvalue weighted by molar-refractivity contribution is 6.22. The SMILES string of the molecule is CCOC(=O)[C@H]1CCCCN1C(=O)COC(=O)[C@@H](C)N1C(=O)c2ccccc2C1=O. The molecule has 2 atom stereocenters. The first-order valence-corrected chi connectivity index (χ1v) is 9.96. The summed E-state index contributed by atoms with van der Waals surface area (Å²) < 4.78 is 10.1. The van der Waals surface area contributed by atoms with Crippen LogP contribution in [-0.4, -0.2) is 71.3 Å². The summed E-state index contributed by atoms with van der Waals surface area (Å²) in [6.07, 6.45) is 2.02. The Morgan fingerprint density at radius 1 is 1.07 bits per heavy atom. The van der Waals surface area contributed by atoms with Crippen molar-refractivity contribution in [2.45, 2.75) is 45.2 Å². The number of nitrogens with zero attached hydrogens (tertiary/aromatic N) is 2. The molecule has 9 nitrogen and oxygen atoms in total. The van der Waals surface area contributed by atoms with Gasteiger partial charge in [0.2, 0.25) is 0 Å². The van der Waals surface area contributed by atoms with Gasteiger partial charge in [0, 0.05) is 6.54 Å². The number of esters is 2. The van der Waals surface area contributed by atoms with Crippen LogP contribution in [0.15, 0.2) is 24.3 Å². The molecular weight excluding hydrogens is 392 g/mol. The molecule has 1 saturated heterocycles. The van der Waals surface area contributed by atoms with Gasteiger partial charge in [-0.3, -0.25) is 19.3 Å². The minimum Gasteiger partial charge on any atom is -0.464 e. The van der Waals surface area contributed by atoms with E-state index < -0.39 is 48.4 Å². The predicted octanol–water partition coefficient (Wildman–Crippen LogP) is 1.16. The molecule has 0 aromatic heterocycles. The summed E-state index contributed by atoms with van der Waals surface area (Å²) >= 11 is 0. The van der Waals surface area contributed by atoms with Crippen LogP contribution in [0.25, 0.3) is 0 Å². The Kier molecular flexibility index (Phi) is 6.49. The molecule has 0 aliphatic carbocycles. The molecular formula is C21H24N2O7. The standard InChI is InChI=1S/C21H24N2O7/c1-3-29-21(28)16-10-6-7-11-22(16)17(24)12-30-20(27)13(2)23-18(25)14-8-4-5-9-15(14)19(23)26/h4-5,8-9,13,16H,3,6-7,10-12H2,1-2H3/t13-,16-/m1/s1. The average molecular weight is 416 g/mol. The molecule has 1 aromatic carbocycles. The number of amides is 3. The van der Waals surface area contributed by atoms with Gasteiger partial charge in [0.1, 0.15) is 12.1 Å². The first kappa shape index (κ1) is 21.5. The van der Waals surface area contributed by atoms with Gasteiger partial charge < -0.3 is 14.4 Å². The highest BCUT2D eigenvalue weighted by atomic mass is 16.5. The number of piperidine rings is 1. The van der Waals surface area contributed by atoms with E-state index in [2.05, 4.69) is 0 Å². The topological polar surface area (TPSA) is 110 Å². The number of likely N-dealkylation sites (tertiary alicyclic amines) is 1. The number of hydrogen-bond acceptors (Lipinski definition) is 7. The van der Waals surface area contributed by atoms with Gasteiger partial charge in [0.25, 0.3) is 17.7 Å². The summed E-state index contributed by atoms with van der Waals surface area (Å²) in [6, 6.07) is 4.42. The number of carbonyl (C=O) groups excluding carboxylic acids is 5. The Balaban J connectivity index is 1.61. The number of fused-ring (bicyclic) bond motifs is 1. The Hall–Kier alpha value is -3.23. The molecule has 3 rings (SSSR count). The van der Waals surface area contributed by atoms with Crippen LogP contribution >= 0.6 is 0 Å². The van der Waals surface area contributed by atoms with E-state index in [4.69, 9.17) is 9.47 Å². The molecule has 160 valence electrons. The van der Waals surface area contributed by atoms with Crippen molar-refractivity contribution in [3.63, 3.8) is 0 Å². The van der Waals surface area contributed by atoms with E-state index in [9.17, 15) is 24.0 Å². The third kappa shape index (κ3) is 4.05. The summed E-state index contributed by atoms with van der Waals surface area (Å²) in [6.45, 7) is 3.06. The van der Waals surface area contributed by atoms with Crippen LogP contribution in [0, 0.1) is 0 Å². The molecule has 0 unspecified atom stereocenters. The van der Waals surface area contributed by atoms with Crippen LogP contribution in [-0.2, 0) is 23.9 Å². The van der Waals surface area contributed by atoms with Crippen molar-refractivity contribution in [2.75, 3.05) is 19.8 Å². The molecule has 0 saturated carbocycles. The van der Waals surface area contributed by atoms with Gasteiger partial charge in [0.05, 0.1) is 17.7 Å². The molecule has 1 fully saturated rings. The Morgan fingerprint density at radius 3 is 2.30 bits per heavy atom. The monoisotopic (exact) mass is 416 g/mol. The number of imide groups is 1. The average Bonchev–Trinajstić information content (AvgIpc) is 3.01. The summed E-state index contributed by atoms with van der Waals surface area (Å²) in [4.78, 5) is 64.3. The molecule has 2 aliphatic heterocycles. The molecule has 9 heteroatoms. The highest BCUT2D eigenvalue weighted by Gasteiger charge is 2.41. The Bertz CT molecular complexity index is 847. The fourth-order valence-electron chi connectivity index (χ4n) is 3.71. The van der Waals surface area contributed by atoms with Crippen molar-refractivity contribution in [3.05, 3.63) is 35.4 Å². The highest BCUT2D eigenvalue weighted by Crippen LogP contribution is 2.25. The maximum absolute atomic E-state index is 12.6. The normalized spacial score (nSPS) is 19.3. The third-order valence-corrected chi connectivity index (χ3v) is 5.27. The van der Waals surface area contributed by atoms with Gasteiger partial charge in [-0.05, 0) is 45.2 Å². The van der Waals surface area contributed by atoms with Crippen molar-refractivity contribution in [2.24, 2.45) is 0 Å². The minimum absolute atomic E-state index is 0.212. The maximum atomic E-state index is 12.6. The zero-order valence-electron chi connectivity index (χ0n) is 17.0. The van der Waals surface area contributed by atoms with Crippen LogP contribution in [0.2, 0.25) is 0 Å². The molecule has 2 heterocycles. The lowest BCUT2D eigenvalue weighted by atomic mass is 10.0. The van der Waals surface area contributed by atoms with E-state index in [0.717, 1.165) is 17.7 Å². The van der Waals surface area contributed by atoms with Gasteiger partial charge >= 0.3 is 11.9 Å². The first-order chi connectivity index (χ1) is 14.4. The fraction of sp³-hybridized carbons (Fsp3) is 0.476. The Labute approximate surface area is 173 Å². The van der Waals surface area contributed by atoms with E-state index in [1.807, 2.05) is 0 Å². The molecule has 2 aliphatic rings.